The van der Waals surface area contributed by atoms with Gasteiger partial charge in [0.15, 0.2) is 17.3 Å². The van der Waals surface area contributed by atoms with Crippen molar-refractivity contribution < 1.29 is 9.53 Å². The first-order chi connectivity index (χ1) is 17.0. The minimum absolute atomic E-state index is 0.204. The molecule has 1 aromatic carbocycles. The maximum absolute atomic E-state index is 11.1. The molecule has 10 nitrogen and oxygen atoms in total. The number of aromatic nitrogens is 7. The number of imidazole rings is 1. The average Bonchev–Trinajstić information content (AvgIpc) is 3.48. The number of hydrogen-bond donors (Lipinski definition) is 1. The van der Waals surface area contributed by atoms with E-state index in [1.54, 1.807) is 12.4 Å². The predicted octanol–water partition coefficient (Wildman–Crippen LogP) is 4.04. The summed E-state index contributed by atoms with van der Waals surface area (Å²) < 4.78 is 7.01. The first-order valence-corrected chi connectivity index (χ1v) is 11.2. The number of benzene rings is 1. The van der Waals surface area contributed by atoms with E-state index in [1.807, 2.05) is 73.9 Å². The lowest BCUT2D eigenvalue weighted by Crippen LogP contribution is -2.05. The van der Waals surface area contributed by atoms with Gasteiger partial charge in [0.05, 0.1) is 17.5 Å². The average molecular weight is 471 g/mol. The molecule has 178 valence electrons. The fraction of sp³-hybridized carbons (Fsp3) is 0.200. The summed E-state index contributed by atoms with van der Waals surface area (Å²) in [4.78, 5) is 26.4. The Morgan fingerprint density at radius 3 is 2.49 bits per heavy atom. The molecule has 0 saturated heterocycles. The molecule has 0 amide bonds. The third kappa shape index (κ3) is 4.86. The zero-order valence-electron chi connectivity index (χ0n) is 20.0. The quantitative estimate of drug-likeness (QED) is 0.381. The van der Waals surface area contributed by atoms with Crippen molar-refractivity contribution in [3.63, 3.8) is 0 Å². The molecule has 4 heterocycles. The molecule has 0 radical (unpaired) electrons. The second kappa shape index (κ2) is 10.1. The molecule has 5 aromatic rings. The smallest absolute Gasteiger partial charge is 0.302 e. The maximum atomic E-state index is 11.1. The van der Waals surface area contributed by atoms with E-state index in [9.17, 15) is 4.79 Å². The lowest BCUT2D eigenvalue weighted by atomic mass is 10.2. The molecule has 5 rings (SSSR count). The van der Waals surface area contributed by atoms with Crippen LogP contribution in [0.25, 0.3) is 34.1 Å². The highest BCUT2D eigenvalue weighted by Gasteiger charge is 2.19. The highest BCUT2D eigenvalue weighted by atomic mass is 16.5. The Bertz CT molecular complexity index is 1470. The molecule has 4 aromatic heterocycles. The summed E-state index contributed by atoms with van der Waals surface area (Å²) in [7, 11) is 0. The molecule has 0 unspecified atom stereocenters. The zero-order chi connectivity index (χ0) is 24.9. The van der Waals surface area contributed by atoms with E-state index < -0.39 is 0 Å². The van der Waals surface area contributed by atoms with Crippen molar-refractivity contribution in [3.05, 3.63) is 72.2 Å². The van der Waals surface area contributed by atoms with Crippen LogP contribution in [0.4, 0.5) is 5.82 Å². The van der Waals surface area contributed by atoms with Crippen molar-refractivity contribution in [2.45, 2.75) is 34.3 Å². The summed E-state index contributed by atoms with van der Waals surface area (Å²) in [6.45, 7) is 7.46. The Kier molecular flexibility index (Phi) is 6.81. The lowest BCUT2D eigenvalue weighted by molar-refractivity contribution is -0.142. The van der Waals surface area contributed by atoms with E-state index in [2.05, 4.69) is 15.2 Å². The number of nitrogen functional groups attached to an aromatic ring is 1. The standard InChI is InChI=1S/C23H20N8O2.C2H6/c1-14-12-26-31(29-14)20-10-9-19-23(28-20)30(22(27-19)18-4-3-11-25-21(18)24)17-7-5-16(6-8-17)13-33-15(2)32;1-2/h3-12H,13H2,1-2H3,(H2,24,25);1-2H3. The van der Waals surface area contributed by atoms with Crippen molar-refractivity contribution in [1.82, 2.24) is 34.5 Å². The molecular formula is C25H26N8O2. The van der Waals surface area contributed by atoms with Gasteiger partial charge >= 0.3 is 5.97 Å². The number of esters is 1. The molecule has 0 atom stereocenters. The number of pyridine rings is 2. The van der Waals surface area contributed by atoms with Crippen molar-refractivity contribution in [1.29, 1.82) is 0 Å². The van der Waals surface area contributed by atoms with Gasteiger partial charge in [-0.15, -0.1) is 4.80 Å². The van der Waals surface area contributed by atoms with Gasteiger partial charge in [-0.25, -0.2) is 15.0 Å². The summed E-state index contributed by atoms with van der Waals surface area (Å²) in [5.41, 5.74) is 10.6. The number of nitrogens with two attached hydrogens (primary N) is 1. The highest BCUT2D eigenvalue weighted by Crippen LogP contribution is 2.30. The van der Waals surface area contributed by atoms with Crippen molar-refractivity contribution >= 4 is 23.0 Å². The lowest BCUT2D eigenvalue weighted by Gasteiger charge is -2.11. The van der Waals surface area contributed by atoms with Gasteiger partial charge in [-0.05, 0) is 48.9 Å². The SMILES string of the molecule is CC.CC(=O)OCc1ccc(-n2c(-c3cccnc3N)nc3ccc(-n4ncc(C)n4)nc32)cc1. The number of nitrogens with zero attached hydrogens (tertiary/aromatic N) is 7. The molecule has 0 saturated carbocycles. The Hall–Kier alpha value is -4.60. The van der Waals surface area contributed by atoms with Crippen LogP contribution in [-0.2, 0) is 16.1 Å². The van der Waals surface area contributed by atoms with E-state index in [0.717, 1.165) is 16.9 Å². The number of aryl methyl sites for hydroxylation is 1. The van der Waals surface area contributed by atoms with Crippen LogP contribution < -0.4 is 5.73 Å². The maximum Gasteiger partial charge on any atom is 0.302 e. The summed E-state index contributed by atoms with van der Waals surface area (Å²) in [5, 5.41) is 8.62. The van der Waals surface area contributed by atoms with Gasteiger partial charge in [-0.2, -0.15) is 10.2 Å². The van der Waals surface area contributed by atoms with Crippen LogP contribution in [0.1, 0.15) is 32.0 Å². The molecule has 35 heavy (non-hydrogen) atoms. The van der Waals surface area contributed by atoms with Crippen molar-refractivity contribution in [3.8, 4) is 22.9 Å². The molecule has 0 bridgehead atoms. The van der Waals surface area contributed by atoms with Gasteiger partial charge in [-0.1, -0.05) is 26.0 Å². The van der Waals surface area contributed by atoms with E-state index >= 15 is 0 Å². The number of anilines is 1. The third-order valence-electron chi connectivity index (χ3n) is 5.02. The Morgan fingerprint density at radius 1 is 1.06 bits per heavy atom. The number of hydrogen-bond acceptors (Lipinski definition) is 8. The molecule has 0 aliphatic carbocycles. The number of fused-ring (bicyclic) bond motifs is 1. The molecule has 0 spiro atoms. The van der Waals surface area contributed by atoms with Crippen LogP contribution in [0.3, 0.4) is 0 Å². The third-order valence-corrected chi connectivity index (χ3v) is 5.02. The van der Waals surface area contributed by atoms with Crippen LogP contribution in [-0.4, -0.2) is 40.5 Å². The van der Waals surface area contributed by atoms with Crippen LogP contribution in [0.2, 0.25) is 0 Å². The highest BCUT2D eigenvalue weighted by molar-refractivity contribution is 5.83. The molecule has 0 aliphatic rings. The van der Waals surface area contributed by atoms with Gasteiger partial charge in [0.2, 0.25) is 0 Å². The summed E-state index contributed by atoms with van der Waals surface area (Å²) in [6, 6.07) is 15.0. The molecular weight excluding hydrogens is 444 g/mol. The fourth-order valence-corrected chi connectivity index (χ4v) is 3.47. The molecule has 0 aliphatic heterocycles. The first kappa shape index (κ1) is 23.6. The largest absolute Gasteiger partial charge is 0.461 e. The van der Waals surface area contributed by atoms with Crippen LogP contribution in [0.5, 0.6) is 0 Å². The summed E-state index contributed by atoms with van der Waals surface area (Å²) in [6.07, 6.45) is 3.31. The van der Waals surface area contributed by atoms with Gasteiger partial charge in [0.25, 0.3) is 0 Å². The Balaban J connectivity index is 0.00000141. The Morgan fingerprint density at radius 2 is 1.83 bits per heavy atom. The minimum atomic E-state index is -0.326. The zero-order valence-corrected chi connectivity index (χ0v) is 20.0. The molecule has 2 N–H and O–H groups in total. The second-order valence-corrected chi connectivity index (χ2v) is 7.44. The topological polar surface area (TPSA) is 127 Å². The van der Waals surface area contributed by atoms with Gasteiger partial charge < -0.3 is 10.5 Å². The summed E-state index contributed by atoms with van der Waals surface area (Å²) in [5.74, 6) is 1.21. The predicted molar refractivity (Wildman–Crippen MR) is 133 cm³/mol. The normalized spacial score (nSPS) is 10.6. The van der Waals surface area contributed by atoms with E-state index in [0.29, 0.717) is 34.2 Å². The minimum Gasteiger partial charge on any atom is -0.461 e. The summed E-state index contributed by atoms with van der Waals surface area (Å²) >= 11 is 0. The number of carbonyl (C=O) groups is 1. The fourth-order valence-electron chi connectivity index (χ4n) is 3.47. The number of rotatable bonds is 5. The van der Waals surface area contributed by atoms with Crippen LogP contribution >= 0.6 is 0 Å². The number of ether oxygens (including phenoxy) is 1. The van der Waals surface area contributed by atoms with Crippen molar-refractivity contribution in [2.24, 2.45) is 0 Å². The second-order valence-electron chi connectivity index (χ2n) is 7.44. The van der Waals surface area contributed by atoms with Gasteiger partial charge in [0, 0.05) is 18.8 Å². The van der Waals surface area contributed by atoms with Gasteiger partial charge in [0.1, 0.15) is 17.9 Å². The van der Waals surface area contributed by atoms with Crippen LogP contribution in [0, 0.1) is 6.92 Å². The Labute approximate surface area is 202 Å². The monoisotopic (exact) mass is 470 g/mol. The number of carbonyl (C=O) groups excluding carboxylic acids is 1. The van der Waals surface area contributed by atoms with E-state index in [4.69, 9.17) is 20.4 Å². The van der Waals surface area contributed by atoms with E-state index in [1.165, 1.54) is 11.7 Å². The molecule has 0 fully saturated rings. The van der Waals surface area contributed by atoms with Crippen molar-refractivity contribution in [2.75, 3.05) is 5.73 Å². The van der Waals surface area contributed by atoms with Gasteiger partial charge in [-0.3, -0.25) is 9.36 Å². The molecule has 10 heteroatoms. The van der Waals surface area contributed by atoms with Crippen LogP contribution in [0.15, 0.2) is 60.9 Å². The first-order valence-electron chi connectivity index (χ1n) is 11.2. The van der Waals surface area contributed by atoms with E-state index in [-0.39, 0.29) is 12.6 Å².